The summed E-state index contributed by atoms with van der Waals surface area (Å²) in [5, 5.41) is 8.94. The molecule has 1 heterocycles. The third-order valence-corrected chi connectivity index (χ3v) is 3.89. The fourth-order valence-electron chi connectivity index (χ4n) is 2.72. The molecule has 0 bridgehead atoms. The van der Waals surface area contributed by atoms with Crippen LogP contribution in [0.1, 0.15) is 30.9 Å². The Morgan fingerprint density at radius 1 is 1.33 bits per heavy atom. The van der Waals surface area contributed by atoms with Gasteiger partial charge in [-0.15, -0.1) is 0 Å². The van der Waals surface area contributed by atoms with E-state index in [9.17, 15) is 0 Å². The van der Waals surface area contributed by atoms with Gasteiger partial charge in [0.1, 0.15) is 0 Å². The zero-order valence-electron chi connectivity index (χ0n) is 11.0. The summed E-state index contributed by atoms with van der Waals surface area (Å²) in [5.74, 6) is 0.683. The molecule has 18 heavy (non-hydrogen) atoms. The van der Waals surface area contributed by atoms with E-state index >= 15 is 0 Å². The van der Waals surface area contributed by atoms with Gasteiger partial charge in [-0.25, -0.2) is 0 Å². The van der Waals surface area contributed by atoms with E-state index in [1.807, 2.05) is 18.2 Å². The Kier molecular flexibility index (Phi) is 5.17. The quantitative estimate of drug-likeness (QED) is 0.807. The lowest BCUT2D eigenvalue weighted by atomic mass is 10.0. The van der Waals surface area contributed by atoms with Crippen molar-refractivity contribution in [2.75, 3.05) is 26.2 Å². The molecule has 1 aliphatic heterocycles. The Balaban J connectivity index is 1.72. The molecule has 0 amide bonds. The van der Waals surface area contributed by atoms with Crippen molar-refractivity contribution in [2.24, 2.45) is 11.7 Å². The minimum absolute atomic E-state index is 0.142. The first-order chi connectivity index (χ1) is 8.79. The summed E-state index contributed by atoms with van der Waals surface area (Å²) in [5.41, 5.74) is 7.43. The highest BCUT2D eigenvalue weighted by Gasteiger charge is 2.21. The van der Waals surface area contributed by atoms with Gasteiger partial charge in [-0.1, -0.05) is 30.3 Å². The fourth-order valence-corrected chi connectivity index (χ4v) is 2.72. The Hall–Kier alpha value is -0.900. The molecule has 0 aliphatic carbocycles. The highest BCUT2D eigenvalue weighted by atomic mass is 16.3. The number of benzene rings is 1. The van der Waals surface area contributed by atoms with Crippen LogP contribution in [0.15, 0.2) is 30.3 Å². The second-order valence-corrected chi connectivity index (χ2v) is 5.27. The van der Waals surface area contributed by atoms with Gasteiger partial charge in [0.15, 0.2) is 0 Å². The Labute approximate surface area is 110 Å². The van der Waals surface area contributed by atoms with E-state index in [-0.39, 0.29) is 6.04 Å². The predicted molar refractivity (Wildman–Crippen MR) is 74.2 cm³/mol. The van der Waals surface area contributed by atoms with Crippen molar-refractivity contribution in [1.82, 2.24) is 4.90 Å². The molecule has 2 rings (SSSR count). The van der Waals surface area contributed by atoms with Gasteiger partial charge in [-0.05, 0) is 43.8 Å². The molecule has 3 N–H and O–H groups in total. The summed E-state index contributed by atoms with van der Waals surface area (Å²) in [6.07, 6.45) is 3.18. The van der Waals surface area contributed by atoms with Crippen LogP contribution < -0.4 is 5.73 Å². The molecule has 100 valence electrons. The second-order valence-electron chi connectivity index (χ2n) is 5.27. The summed E-state index contributed by atoms with van der Waals surface area (Å²) in [4.78, 5) is 2.48. The summed E-state index contributed by atoms with van der Waals surface area (Å²) in [7, 11) is 0. The Bertz CT molecular complexity index is 342. The Morgan fingerprint density at radius 3 is 2.83 bits per heavy atom. The normalized spacial score (nSPS) is 22.2. The topological polar surface area (TPSA) is 49.5 Å². The van der Waals surface area contributed by atoms with Crippen LogP contribution in [0, 0.1) is 5.92 Å². The SMILES string of the molecule is NC(CCN1CCC(CCO)C1)c1ccccc1. The number of nitrogens with zero attached hydrogens (tertiary/aromatic N) is 1. The number of nitrogens with two attached hydrogens (primary N) is 1. The monoisotopic (exact) mass is 248 g/mol. The molecule has 0 radical (unpaired) electrons. The van der Waals surface area contributed by atoms with Crippen LogP contribution in [0.2, 0.25) is 0 Å². The first-order valence-electron chi connectivity index (χ1n) is 6.93. The molecule has 0 aromatic heterocycles. The van der Waals surface area contributed by atoms with Gasteiger partial charge >= 0.3 is 0 Å². The van der Waals surface area contributed by atoms with Crippen LogP contribution in [0.4, 0.5) is 0 Å². The van der Waals surface area contributed by atoms with Crippen molar-refractivity contribution < 1.29 is 5.11 Å². The van der Waals surface area contributed by atoms with E-state index < -0.39 is 0 Å². The standard InChI is InChI=1S/C15H24N2O/c16-15(14-4-2-1-3-5-14)7-10-17-9-6-13(12-17)8-11-18/h1-5,13,15,18H,6-12,16H2. The van der Waals surface area contributed by atoms with E-state index in [1.54, 1.807) is 0 Å². The zero-order chi connectivity index (χ0) is 12.8. The molecule has 1 aromatic carbocycles. The summed E-state index contributed by atoms with van der Waals surface area (Å²) in [6, 6.07) is 10.5. The zero-order valence-corrected chi connectivity index (χ0v) is 11.0. The second kappa shape index (κ2) is 6.88. The number of likely N-dealkylation sites (tertiary alicyclic amines) is 1. The average molecular weight is 248 g/mol. The molecular formula is C15H24N2O. The highest BCUT2D eigenvalue weighted by Crippen LogP contribution is 2.21. The van der Waals surface area contributed by atoms with Gasteiger partial charge in [0.05, 0.1) is 0 Å². The maximum atomic E-state index is 8.94. The average Bonchev–Trinajstić information content (AvgIpc) is 2.85. The third-order valence-electron chi connectivity index (χ3n) is 3.89. The minimum atomic E-state index is 0.142. The predicted octanol–water partition coefficient (Wildman–Crippen LogP) is 1.78. The number of hydrogen-bond acceptors (Lipinski definition) is 3. The minimum Gasteiger partial charge on any atom is -0.396 e. The van der Waals surface area contributed by atoms with Crippen LogP contribution in [0.5, 0.6) is 0 Å². The molecule has 0 saturated carbocycles. The van der Waals surface area contributed by atoms with Gasteiger partial charge in [-0.3, -0.25) is 0 Å². The third kappa shape index (κ3) is 3.80. The number of aliphatic hydroxyl groups is 1. The van der Waals surface area contributed by atoms with Crippen LogP contribution in [-0.4, -0.2) is 36.2 Å². The Morgan fingerprint density at radius 2 is 2.11 bits per heavy atom. The van der Waals surface area contributed by atoms with Crippen molar-refractivity contribution in [3.05, 3.63) is 35.9 Å². The smallest absolute Gasteiger partial charge is 0.0434 e. The maximum absolute atomic E-state index is 8.94. The van der Waals surface area contributed by atoms with Crippen LogP contribution in [0.25, 0.3) is 0 Å². The highest BCUT2D eigenvalue weighted by molar-refractivity contribution is 5.18. The first-order valence-corrected chi connectivity index (χ1v) is 6.93. The molecule has 1 fully saturated rings. The molecule has 2 unspecified atom stereocenters. The maximum Gasteiger partial charge on any atom is 0.0434 e. The van der Waals surface area contributed by atoms with Crippen molar-refractivity contribution in [3.63, 3.8) is 0 Å². The van der Waals surface area contributed by atoms with E-state index in [0.717, 1.165) is 32.5 Å². The number of hydrogen-bond donors (Lipinski definition) is 2. The molecule has 1 aliphatic rings. The van der Waals surface area contributed by atoms with Crippen molar-refractivity contribution in [1.29, 1.82) is 0 Å². The summed E-state index contributed by atoms with van der Waals surface area (Å²) >= 11 is 0. The van der Waals surface area contributed by atoms with Crippen LogP contribution >= 0.6 is 0 Å². The number of rotatable bonds is 6. The van der Waals surface area contributed by atoms with E-state index in [0.29, 0.717) is 12.5 Å². The van der Waals surface area contributed by atoms with E-state index in [2.05, 4.69) is 17.0 Å². The lowest BCUT2D eigenvalue weighted by Crippen LogP contribution is -2.25. The van der Waals surface area contributed by atoms with Crippen molar-refractivity contribution in [2.45, 2.75) is 25.3 Å². The first kappa shape index (κ1) is 13.5. The van der Waals surface area contributed by atoms with Gasteiger partial charge in [0, 0.05) is 19.2 Å². The summed E-state index contributed by atoms with van der Waals surface area (Å²) in [6.45, 7) is 3.67. The van der Waals surface area contributed by atoms with Crippen molar-refractivity contribution in [3.8, 4) is 0 Å². The largest absolute Gasteiger partial charge is 0.396 e. The molecule has 1 saturated heterocycles. The molecule has 3 heteroatoms. The van der Waals surface area contributed by atoms with Crippen molar-refractivity contribution >= 4 is 0 Å². The van der Waals surface area contributed by atoms with E-state index in [1.165, 1.54) is 12.0 Å². The van der Waals surface area contributed by atoms with Gasteiger partial charge in [-0.2, -0.15) is 0 Å². The molecule has 3 nitrogen and oxygen atoms in total. The van der Waals surface area contributed by atoms with Gasteiger partial charge in [0.25, 0.3) is 0 Å². The van der Waals surface area contributed by atoms with Gasteiger partial charge < -0.3 is 15.7 Å². The lowest BCUT2D eigenvalue weighted by Gasteiger charge is -2.19. The van der Waals surface area contributed by atoms with Gasteiger partial charge in [0.2, 0.25) is 0 Å². The summed E-state index contributed by atoms with van der Waals surface area (Å²) < 4.78 is 0. The fraction of sp³-hybridized carbons (Fsp3) is 0.600. The molecule has 2 atom stereocenters. The molecule has 1 aromatic rings. The molecule has 0 spiro atoms. The van der Waals surface area contributed by atoms with Crippen LogP contribution in [0.3, 0.4) is 0 Å². The van der Waals surface area contributed by atoms with E-state index in [4.69, 9.17) is 10.8 Å². The molecular weight excluding hydrogens is 224 g/mol. The number of aliphatic hydroxyl groups excluding tert-OH is 1. The van der Waals surface area contributed by atoms with Crippen LogP contribution in [-0.2, 0) is 0 Å². The lowest BCUT2D eigenvalue weighted by molar-refractivity contribution is 0.249.